The molecule has 0 fully saturated rings. The van der Waals surface area contributed by atoms with E-state index in [9.17, 15) is 0 Å². The summed E-state index contributed by atoms with van der Waals surface area (Å²) in [5.41, 5.74) is 1.28. The van der Waals surface area contributed by atoms with Crippen LogP contribution in [0.2, 0.25) is 0 Å². The van der Waals surface area contributed by atoms with Crippen LogP contribution in [0.1, 0.15) is 31.4 Å². The summed E-state index contributed by atoms with van der Waals surface area (Å²) in [5, 5.41) is 0. The Bertz CT molecular complexity index is 296. The van der Waals surface area contributed by atoms with E-state index in [2.05, 4.69) is 38.1 Å². The summed E-state index contributed by atoms with van der Waals surface area (Å²) in [6.45, 7) is 2.21. The van der Waals surface area contributed by atoms with Gasteiger partial charge in [-0.15, -0.1) is 0 Å². The lowest BCUT2D eigenvalue weighted by Crippen LogP contribution is -2.20. The van der Waals surface area contributed by atoms with Crippen molar-refractivity contribution in [2.75, 3.05) is 21.2 Å². The third-order valence-electron chi connectivity index (χ3n) is 2.68. The van der Waals surface area contributed by atoms with Gasteiger partial charge in [0.25, 0.3) is 0 Å². The molecule has 0 aliphatic carbocycles. The van der Waals surface area contributed by atoms with Gasteiger partial charge in [-0.05, 0) is 26.6 Å². The van der Waals surface area contributed by atoms with Crippen molar-refractivity contribution >= 4 is 0 Å². The predicted octanol–water partition coefficient (Wildman–Crippen LogP) is 3.10. The number of benzene rings is 1. The van der Waals surface area contributed by atoms with Gasteiger partial charge in [-0.3, -0.25) is 0 Å². The molecule has 0 spiro atoms. The van der Waals surface area contributed by atoms with Crippen molar-refractivity contribution in [3.05, 3.63) is 29.8 Å². The smallest absolute Gasteiger partial charge is 0.123 e. The van der Waals surface area contributed by atoms with E-state index >= 15 is 0 Å². The van der Waals surface area contributed by atoms with E-state index in [0.29, 0.717) is 6.04 Å². The first-order chi connectivity index (χ1) is 7.20. The second-order valence-electron chi connectivity index (χ2n) is 4.01. The summed E-state index contributed by atoms with van der Waals surface area (Å²) in [4.78, 5) is 2.25. The van der Waals surface area contributed by atoms with E-state index in [1.54, 1.807) is 7.11 Å². The Hall–Kier alpha value is -1.02. The molecule has 2 heteroatoms. The predicted molar refractivity (Wildman–Crippen MR) is 64.3 cm³/mol. The molecular weight excluding hydrogens is 186 g/mol. The Labute approximate surface area is 92.9 Å². The van der Waals surface area contributed by atoms with Gasteiger partial charge in [-0.25, -0.2) is 0 Å². The normalized spacial score (nSPS) is 12.9. The number of hydrogen-bond donors (Lipinski definition) is 0. The highest BCUT2D eigenvalue weighted by Crippen LogP contribution is 2.30. The third-order valence-corrected chi connectivity index (χ3v) is 2.68. The zero-order chi connectivity index (χ0) is 11.3. The number of para-hydroxylation sites is 1. The van der Waals surface area contributed by atoms with Crippen LogP contribution in [0.3, 0.4) is 0 Å². The molecule has 15 heavy (non-hydrogen) atoms. The molecule has 2 nitrogen and oxygen atoms in total. The van der Waals surface area contributed by atoms with Crippen LogP contribution in [0.4, 0.5) is 0 Å². The van der Waals surface area contributed by atoms with Crippen LogP contribution >= 0.6 is 0 Å². The third kappa shape index (κ3) is 2.96. The fourth-order valence-corrected chi connectivity index (χ4v) is 1.91. The quantitative estimate of drug-likeness (QED) is 0.735. The van der Waals surface area contributed by atoms with Crippen LogP contribution < -0.4 is 4.74 Å². The van der Waals surface area contributed by atoms with Gasteiger partial charge in [-0.2, -0.15) is 0 Å². The van der Waals surface area contributed by atoms with E-state index in [-0.39, 0.29) is 0 Å². The van der Waals surface area contributed by atoms with Gasteiger partial charge in [0.2, 0.25) is 0 Å². The maximum absolute atomic E-state index is 5.40. The molecule has 0 amide bonds. The highest BCUT2D eigenvalue weighted by molar-refractivity contribution is 5.35. The Morgan fingerprint density at radius 2 is 1.93 bits per heavy atom. The van der Waals surface area contributed by atoms with Gasteiger partial charge < -0.3 is 9.64 Å². The van der Waals surface area contributed by atoms with E-state index in [1.165, 1.54) is 12.0 Å². The lowest BCUT2D eigenvalue weighted by Gasteiger charge is -2.25. The fraction of sp³-hybridized carbons (Fsp3) is 0.538. The molecule has 1 aromatic carbocycles. The Balaban J connectivity index is 2.98. The van der Waals surface area contributed by atoms with Crippen LogP contribution in [-0.4, -0.2) is 26.1 Å². The number of rotatable bonds is 5. The van der Waals surface area contributed by atoms with E-state index in [4.69, 9.17) is 4.74 Å². The van der Waals surface area contributed by atoms with Crippen LogP contribution in [0, 0.1) is 0 Å². The molecule has 1 unspecified atom stereocenters. The van der Waals surface area contributed by atoms with E-state index < -0.39 is 0 Å². The molecule has 84 valence electrons. The standard InChI is InChI=1S/C13H21NO/c1-5-8-12(14(2)3)11-9-6-7-10-13(11)15-4/h6-7,9-10,12H,5,8H2,1-4H3. The molecule has 0 aliphatic heterocycles. The first-order valence-electron chi connectivity index (χ1n) is 5.50. The van der Waals surface area contributed by atoms with Gasteiger partial charge >= 0.3 is 0 Å². The minimum Gasteiger partial charge on any atom is -0.496 e. The van der Waals surface area contributed by atoms with Crippen LogP contribution in [0.5, 0.6) is 5.75 Å². The highest BCUT2D eigenvalue weighted by Gasteiger charge is 2.16. The van der Waals surface area contributed by atoms with Gasteiger partial charge in [-0.1, -0.05) is 31.5 Å². The summed E-state index contributed by atoms with van der Waals surface area (Å²) in [6, 6.07) is 8.72. The van der Waals surface area contributed by atoms with Gasteiger partial charge in [0.05, 0.1) is 7.11 Å². The van der Waals surface area contributed by atoms with E-state index in [0.717, 1.165) is 12.2 Å². The van der Waals surface area contributed by atoms with Crippen molar-refractivity contribution in [2.45, 2.75) is 25.8 Å². The molecule has 0 saturated heterocycles. The van der Waals surface area contributed by atoms with Crippen molar-refractivity contribution in [3.8, 4) is 5.75 Å². The van der Waals surface area contributed by atoms with Crippen molar-refractivity contribution in [2.24, 2.45) is 0 Å². The van der Waals surface area contributed by atoms with Crippen molar-refractivity contribution < 1.29 is 4.74 Å². The average Bonchev–Trinajstić information content (AvgIpc) is 2.25. The maximum atomic E-state index is 5.40. The van der Waals surface area contributed by atoms with E-state index in [1.807, 2.05) is 12.1 Å². The molecule has 0 radical (unpaired) electrons. The SMILES string of the molecule is CCCC(c1ccccc1OC)N(C)C. The molecule has 1 atom stereocenters. The number of ether oxygens (including phenoxy) is 1. The largest absolute Gasteiger partial charge is 0.496 e. The van der Waals surface area contributed by atoms with Gasteiger partial charge in [0.15, 0.2) is 0 Å². The zero-order valence-corrected chi connectivity index (χ0v) is 10.2. The Morgan fingerprint density at radius 3 is 2.47 bits per heavy atom. The Morgan fingerprint density at radius 1 is 1.27 bits per heavy atom. The van der Waals surface area contributed by atoms with Gasteiger partial charge in [0, 0.05) is 11.6 Å². The first-order valence-corrected chi connectivity index (χ1v) is 5.50. The van der Waals surface area contributed by atoms with Crippen molar-refractivity contribution in [1.82, 2.24) is 4.90 Å². The summed E-state index contributed by atoms with van der Waals surface area (Å²) < 4.78 is 5.40. The van der Waals surface area contributed by atoms with Gasteiger partial charge in [0.1, 0.15) is 5.75 Å². The summed E-state index contributed by atoms with van der Waals surface area (Å²) in [5.74, 6) is 0.990. The zero-order valence-electron chi connectivity index (χ0n) is 10.2. The second kappa shape index (κ2) is 5.76. The fourth-order valence-electron chi connectivity index (χ4n) is 1.91. The minimum absolute atomic E-state index is 0.450. The summed E-state index contributed by atoms with van der Waals surface area (Å²) in [6.07, 6.45) is 2.34. The molecule has 1 aromatic rings. The molecule has 0 aromatic heterocycles. The Kier molecular flexibility index (Phi) is 4.63. The van der Waals surface area contributed by atoms with Crippen LogP contribution in [-0.2, 0) is 0 Å². The lowest BCUT2D eigenvalue weighted by molar-refractivity contribution is 0.273. The molecule has 0 heterocycles. The monoisotopic (exact) mass is 207 g/mol. The maximum Gasteiger partial charge on any atom is 0.123 e. The number of hydrogen-bond acceptors (Lipinski definition) is 2. The molecule has 0 bridgehead atoms. The topological polar surface area (TPSA) is 12.5 Å². The average molecular weight is 207 g/mol. The molecule has 0 N–H and O–H groups in total. The first kappa shape index (κ1) is 12.1. The highest BCUT2D eigenvalue weighted by atomic mass is 16.5. The van der Waals surface area contributed by atoms with Crippen LogP contribution in [0.15, 0.2) is 24.3 Å². The molecular formula is C13H21NO. The molecule has 0 aliphatic rings. The summed E-state index contributed by atoms with van der Waals surface area (Å²) in [7, 11) is 5.97. The number of methoxy groups -OCH3 is 1. The lowest BCUT2D eigenvalue weighted by atomic mass is 10.0. The molecule has 1 rings (SSSR count). The minimum atomic E-state index is 0.450. The van der Waals surface area contributed by atoms with Crippen molar-refractivity contribution in [3.63, 3.8) is 0 Å². The number of nitrogens with zero attached hydrogens (tertiary/aromatic N) is 1. The van der Waals surface area contributed by atoms with Crippen LogP contribution in [0.25, 0.3) is 0 Å². The van der Waals surface area contributed by atoms with Crippen molar-refractivity contribution in [1.29, 1.82) is 0 Å². The summed E-state index contributed by atoms with van der Waals surface area (Å²) >= 11 is 0. The molecule has 0 saturated carbocycles. The second-order valence-corrected chi connectivity index (χ2v) is 4.01.